The van der Waals surface area contributed by atoms with Crippen molar-refractivity contribution < 1.29 is 8.83 Å². The highest BCUT2D eigenvalue weighted by atomic mass is 16.3. The Morgan fingerprint density at radius 3 is 0.797 bits per heavy atom. The minimum Gasteiger partial charge on any atom is -0.456 e. The van der Waals surface area contributed by atoms with E-state index in [-0.39, 0.29) is 0 Å². The molecule has 280 valence electrons. The van der Waals surface area contributed by atoms with Crippen LogP contribution in [0.4, 0.5) is 51.2 Å². The summed E-state index contributed by atoms with van der Waals surface area (Å²) in [4.78, 5) is 6.82. The van der Waals surface area contributed by atoms with Gasteiger partial charge in [0.15, 0.2) is 0 Å². The highest BCUT2D eigenvalue weighted by Gasteiger charge is 2.20. The zero-order valence-electron chi connectivity index (χ0n) is 32.0. The number of benzene rings is 9. The highest BCUT2D eigenvalue weighted by molar-refractivity contribution is 6.09. The van der Waals surface area contributed by atoms with E-state index in [0.717, 1.165) is 95.1 Å². The Balaban J connectivity index is 0.996. The molecule has 0 aliphatic rings. The first-order valence-corrected chi connectivity index (χ1v) is 19.8. The van der Waals surface area contributed by atoms with E-state index < -0.39 is 0 Å². The predicted molar refractivity (Wildman–Crippen MR) is 245 cm³/mol. The predicted octanol–water partition coefficient (Wildman–Crippen LogP) is 15.9. The molecule has 0 spiro atoms. The monoisotopic (exact) mass is 759 g/mol. The van der Waals surface area contributed by atoms with Crippen LogP contribution < -0.4 is 14.7 Å². The van der Waals surface area contributed by atoms with Gasteiger partial charge in [0.25, 0.3) is 0 Å². The molecule has 0 saturated carbocycles. The van der Waals surface area contributed by atoms with Crippen molar-refractivity contribution in [2.45, 2.75) is 0 Å². The van der Waals surface area contributed by atoms with Crippen molar-refractivity contribution in [3.05, 3.63) is 224 Å². The SMILES string of the molecule is c1ccc(N(c2ccc3c(c2)oc2ccc(N(c4ccccc4)c4ccccc4)cc23)c2ccc3c(c2)oc2ccc(N(c4ccccc4)c4ccccc4)cc23)cc1. The molecule has 59 heavy (non-hydrogen) atoms. The topological polar surface area (TPSA) is 36.0 Å². The van der Waals surface area contributed by atoms with Gasteiger partial charge in [0, 0.05) is 84.9 Å². The molecular weight excluding hydrogens is 723 g/mol. The van der Waals surface area contributed by atoms with E-state index in [1.54, 1.807) is 0 Å². The molecule has 0 amide bonds. The summed E-state index contributed by atoms with van der Waals surface area (Å²) in [5.41, 5.74) is 12.8. The smallest absolute Gasteiger partial charge is 0.137 e. The Kier molecular flexibility index (Phi) is 8.41. The van der Waals surface area contributed by atoms with Gasteiger partial charge in [-0.2, -0.15) is 0 Å². The van der Waals surface area contributed by atoms with Crippen molar-refractivity contribution in [2.75, 3.05) is 14.7 Å². The maximum Gasteiger partial charge on any atom is 0.137 e. The van der Waals surface area contributed by atoms with Crippen LogP contribution in [0.1, 0.15) is 0 Å². The number of anilines is 9. The van der Waals surface area contributed by atoms with Gasteiger partial charge in [0.1, 0.15) is 22.3 Å². The molecule has 0 radical (unpaired) electrons. The van der Waals surface area contributed by atoms with Crippen LogP contribution in [0, 0.1) is 0 Å². The number of fused-ring (bicyclic) bond motifs is 6. The standard InChI is InChI=1S/C54H37N3O2/c1-6-16-38(17-7-1)55(39-18-8-2-9-19-39)43-28-32-51-49(34-43)47-30-26-45(36-53(47)58-51)57(42-24-14-5-15-25-42)46-27-31-48-50-35-44(29-33-52(50)59-54(48)37-46)56(40-20-10-3-11-21-40)41-22-12-4-13-23-41/h1-37H. The highest BCUT2D eigenvalue weighted by Crippen LogP contribution is 2.44. The maximum absolute atomic E-state index is 6.60. The van der Waals surface area contributed by atoms with Gasteiger partial charge >= 0.3 is 0 Å². The summed E-state index contributed by atoms with van der Waals surface area (Å²) in [7, 11) is 0. The third kappa shape index (κ3) is 6.22. The Morgan fingerprint density at radius 2 is 0.475 bits per heavy atom. The summed E-state index contributed by atoms with van der Waals surface area (Å²) < 4.78 is 13.2. The van der Waals surface area contributed by atoms with Crippen molar-refractivity contribution in [1.82, 2.24) is 0 Å². The Labute approximate surface area is 341 Å². The number of hydrogen-bond donors (Lipinski definition) is 0. The van der Waals surface area contributed by atoms with E-state index in [0.29, 0.717) is 0 Å². The fourth-order valence-electron chi connectivity index (χ4n) is 8.29. The molecule has 11 rings (SSSR count). The van der Waals surface area contributed by atoms with Gasteiger partial charge in [0.05, 0.1) is 0 Å². The molecule has 0 fully saturated rings. The summed E-state index contributed by atoms with van der Waals surface area (Å²) in [6, 6.07) is 78.3. The van der Waals surface area contributed by atoms with Crippen molar-refractivity contribution >= 4 is 95.1 Å². The molecule has 0 atom stereocenters. The third-order valence-corrected chi connectivity index (χ3v) is 11.0. The van der Waals surface area contributed by atoms with Gasteiger partial charge in [-0.15, -0.1) is 0 Å². The van der Waals surface area contributed by atoms with E-state index in [1.807, 2.05) is 30.3 Å². The molecule has 0 aliphatic heterocycles. The van der Waals surface area contributed by atoms with E-state index in [9.17, 15) is 0 Å². The molecule has 0 unspecified atom stereocenters. The second-order valence-corrected chi connectivity index (χ2v) is 14.6. The molecule has 5 heteroatoms. The van der Waals surface area contributed by atoms with Crippen LogP contribution in [0.5, 0.6) is 0 Å². The molecule has 0 bridgehead atoms. The van der Waals surface area contributed by atoms with E-state index in [2.05, 4.69) is 209 Å². The number of furan rings is 2. The molecule has 0 aliphatic carbocycles. The zero-order chi connectivity index (χ0) is 39.1. The van der Waals surface area contributed by atoms with Crippen LogP contribution in [0.2, 0.25) is 0 Å². The lowest BCUT2D eigenvalue weighted by Crippen LogP contribution is -2.09. The van der Waals surface area contributed by atoms with Crippen LogP contribution in [-0.4, -0.2) is 0 Å². The van der Waals surface area contributed by atoms with Crippen LogP contribution in [0.15, 0.2) is 233 Å². The molecule has 2 heterocycles. The first kappa shape index (κ1) is 34.2. The summed E-state index contributed by atoms with van der Waals surface area (Å²) in [5, 5.41) is 4.24. The number of nitrogens with zero attached hydrogens (tertiary/aromatic N) is 3. The zero-order valence-corrected chi connectivity index (χ0v) is 32.0. The number of hydrogen-bond acceptors (Lipinski definition) is 5. The normalized spacial score (nSPS) is 11.4. The molecule has 5 nitrogen and oxygen atoms in total. The van der Waals surface area contributed by atoms with Crippen LogP contribution in [0.3, 0.4) is 0 Å². The second-order valence-electron chi connectivity index (χ2n) is 14.6. The van der Waals surface area contributed by atoms with E-state index in [1.165, 1.54) is 0 Å². The summed E-state index contributed by atoms with van der Waals surface area (Å²) in [5.74, 6) is 0. The average Bonchev–Trinajstić information content (AvgIpc) is 3.85. The molecule has 2 aromatic heterocycles. The Hall–Kier alpha value is -8.02. The molecule has 0 saturated heterocycles. The average molecular weight is 760 g/mol. The van der Waals surface area contributed by atoms with Crippen molar-refractivity contribution in [3.63, 3.8) is 0 Å². The van der Waals surface area contributed by atoms with E-state index >= 15 is 0 Å². The maximum atomic E-state index is 6.60. The molecule has 0 N–H and O–H groups in total. The lowest BCUT2D eigenvalue weighted by atomic mass is 10.1. The van der Waals surface area contributed by atoms with Gasteiger partial charge in [0.2, 0.25) is 0 Å². The quantitative estimate of drug-likeness (QED) is 0.146. The van der Waals surface area contributed by atoms with Crippen molar-refractivity contribution in [3.8, 4) is 0 Å². The molecular formula is C54H37N3O2. The van der Waals surface area contributed by atoms with Crippen LogP contribution in [-0.2, 0) is 0 Å². The molecule has 11 aromatic rings. The van der Waals surface area contributed by atoms with Gasteiger partial charge in [-0.3, -0.25) is 0 Å². The van der Waals surface area contributed by atoms with Gasteiger partial charge < -0.3 is 23.5 Å². The Morgan fingerprint density at radius 1 is 0.203 bits per heavy atom. The summed E-state index contributed by atoms with van der Waals surface area (Å²) in [6.07, 6.45) is 0. The third-order valence-electron chi connectivity index (χ3n) is 11.0. The van der Waals surface area contributed by atoms with Crippen molar-refractivity contribution in [1.29, 1.82) is 0 Å². The lowest BCUT2D eigenvalue weighted by molar-refractivity contribution is 0.669. The largest absolute Gasteiger partial charge is 0.456 e. The first-order chi connectivity index (χ1) is 29.2. The molecule has 9 aromatic carbocycles. The summed E-state index contributed by atoms with van der Waals surface area (Å²) in [6.45, 7) is 0. The fourth-order valence-corrected chi connectivity index (χ4v) is 8.29. The van der Waals surface area contributed by atoms with Crippen LogP contribution in [0.25, 0.3) is 43.9 Å². The van der Waals surface area contributed by atoms with Gasteiger partial charge in [-0.25, -0.2) is 0 Å². The number of para-hydroxylation sites is 5. The Bertz CT molecular complexity index is 2940. The van der Waals surface area contributed by atoms with Gasteiger partial charge in [-0.1, -0.05) is 91.0 Å². The summed E-state index contributed by atoms with van der Waals surface area (Å²) >= 11 is 0. The van der Waals surface area contributed by atoms with Crippen LogP contribution >= 0.6 is 0 Å². The lowest BCUT2D eigenvalue weighted by Gasteiger charge is -2.25. The minimum absolute atomic E-state index is 0.820. The fraction of sp³-hybridized carbons (Fsp3) is 0. The van der Waals surface area contributed by atoms with Gasteiger partial charge in [-0.05, 0) is 121 Å². The number of rotatable bonds is 9. The second kappa shape index (κ2) is 14.5. The first-order valence-electron chi connectivity index (χ1n) is 19.8. The van der Waals surface area contributed by atoms with Crippen molar-refractivity contribution in [2.24, 2.45) is 0 Å². The minimum atomic E-state index is 0.820. The van der Waals surface area contributed by atoms with E-state index in [4.69, 9.17) is 8.83 Å².